The van der Waals surface area contributed by atoms with Crippen LogP contribution in [-0.4, -0.2) is 31.9 Å². The van der Waals surface area contributed by atoms with Crippen LogP contribution >= 0.6 is 0 Å². The van der Waals surface area contributed by atoms with E-state index in [0.29, 0.717) is 25.4 Å². The lowest BCUT2D eigenvalue weighted by molar-refractivity contribution is 0.284. The van der Waals surface area contributed by atoms with Crippen LogP contribution in [0.15, 0.2) is 0 Å². The molecule has 0 bridgehead atoms. The van der Waals surface area contributed by atoms with Crippen LogP contribution in [0.25, 0.3) is 0 Å². The van der Waals surface area contributed by atoms with Gasteiger partial charge >= 0.3 is 0 Å². The van der Waals surface area contributed by atoms with Crippen LogP contribution in [0.4, 0.5) is 0 Å². The van der Waals surface area contributed by atoms with Crippen LogP contribution in [0.3, 0.4) is 0 Å². The number of piperidine rings is 1. The average Bonchev–Trinajstić information content (AvgIpc) is 2.28. The highest BCUT2D eigenvalue weighted by Gasteiger charge is 2.28. The summed E-state index contributed by atoms with van der Waals surface area (Å²) in [7, 11) is -3.48. The van der Waals surface area contributed by atoms with Crippen molar-refractivity contribution in [3.63, 3.8) is 0 Å². The van der Waals surface area contributed by atoms with Crippen LogP contribution in [0, 0.1) is 17.2 Å². The van der Waals surface area contributed by atoms with Crippen LogP contribution in [0.1, 0.15) is 39.5 Å². The molecule has 1 atom stereocenters. The fourth-order valence-electron chi connectivity index (χ4n) is 1.92. The highest BCUT2D eigenvalue weighted by molar-refractivity contribution is 7.87. The molecule has 0 aromatic heterocycles. The molecule has 0 aromatic rings. The van der Waals surface area contributed by atoms with Gasteiger partial charge in [0.15, 0.2) is 0 Å². The summed E-state index contributed by atoms with van der Waals surface area (Å²) < 4.78 is 27.9. The number of nitrogens with zero attached hydrogens (tertiary/aromatic N) is 2. The summed E-state index contributed by atoms with van der Waals surface area (Å²) in [4.78, 5) is 0. The van der Waals surface area contributed by atoms with E-state index in [0.717, 1.165) is 19.3 Å². The second-order valence-electron chi connectivity index (χ2n) is 4.67. The smallest absolute Gasteiger partial charge is 0.197 e. The van der Waals surface area contributed by atoms with Gasteiger partial charge in [-0.1, -0.05) is 20.3 Å². The number of nitriles is 1. The van der Waals surface area contributed by atoms with Gasteiger partial charge in [0.25, 0.3) is 10.2 Å². The summed E-state index contributed by atoms with van der Waals surface area (Å²) in [5.74, 6) is 0.587. The Hall–Kier alpha value is -0.640. The van der Waals surface area contributed by atoms with Gasteiger partial charge in [-0.3, -0.25) is 0 Å². The second-order valence-corrected chi connectivity index (χ2v) is 6.38. The quantitative estimate of drug-likeness (QED) is 0.807. The van der Waals surface area contributed by atoms with Crippen molar-refractivity contribution in [3.8, 4) is 6.07 Å². The summed E-state index contributed by atoms with van der Waals surface area (Å²) in [6, 6.07) is 1.38. The van der Waals surface area contributed by atoms with E-state index in [1.807, 2.05) is 13.0 Å². The molecular formula is C11H21N3O2S. The summed E-state index contributed by atoms with van der Waals surface area (Å²) >= 11 is 0. The molecule has 0 amide bonds. The van der Waals surface area contributed by atoms with Gasteiger partial charge in [0, 0.05) is 13.1 Å². The van der Waals surface area contributed by atoms with Crippen LogP contribution in [0.5, 0.6) is 0 Å². The molecule has 98 valence electrons. The third-order valence-corrected chi connectivity index (χ3v) is 4.73. The monoisotopic (exact) mass is 259 g/mol. The normalized spacial score (nSPS) is 21.0. The zero-order chi connectivity index (χ0) is 12.9. The first-order chi connectivity index (χ1) is 7.99. The Kier molecular flexibility index (Phi) is 5.37. The Morgan fingerprint density at radius 1 is 1.47 bits per heavy atom. The minimum Gasteiger partial charge on any atom is -0.197 e. The standard InChI is InChI=1S/C11H21N3O2S/c1-3-4-11(9-12)13-17(15,16)14-7-5-10(2)6-8-14/h10-11,13H,3-8H2,1-2H3. The molecule has 1 N–H and O–H groups in total. The van der Waals surface area contributed by atoms with E-state index in [2.05, 4.69) is 11.6 Å². The fourth-order valence-corrected chi connectivity index (χ4v) is 3.29. The van der Waals surface area contributed by atoms with Crippen molar-refractivity contribution in [3.05, 3.63) is 0 Å². The minimum atomic E-state index is -3.48. The highest BCUT2D eigenvalue weighted by Crippen LogP contribution is 2.18. The van der Waals surface area contributed by atoms with Gasteiger partial charge < -0.3 is 0 Å². The molecule has 0 saturated carbocycles. The van der Waals surface area contributed by atoms with Crippen molar-refractivity contribution in [2.24, 2.45) is 5.92 Å². The molecule has 0 radical (unpaired) electrons. The molecule has 1 rings (SSSR count). The fraction of sp³-hybridized carbons (Fsp3) is 0.909. The Balaban J connectivity index is 2.59. The molecule has 0 spiro atoms. The van der Waals surface area contributed by atoms with E-state index >= 15 is 0 Å². The molecule has 0 aliphatic carbocycles. The van der Waals surface area contributed by atoms with Gasteiger partial charge in [-0.15, -0.1) is 0 Å². The van der Waals surface area contributed by atoms with E-state index in [9.17, 15) is 8.42 Å². The number of hydrogen-bond acceptors (Lipinski definition) is 3. The number of hydrogen-bond donors (Lipinski definition) is 1. The lowest BCUT2D eigenvalue weighted by Crippen LogP contribution is -2.47. The van der Waals surface area contributed by atoms with Crippen LogP contribution in [-0.2, 0) is 10.2 Å². The van der Waals surface area contributed by atoms with E-state index in [-0.39, 0.29) is 0 Å². The Labute approximate surface area is 104 Å². The number of nitrogens with one attached hydrogen (secondary N) is 1. The SMILES string of the molecule is CCCC(C#N)NS(=O)(=O)N1CCC(C)CC1. The zero-order valence-corrected chi connectivity index (χ0v) is 11.3. The molecule has 6 heteroatoms. The predicted octanol–water partition coefficient (Wildman–Crippen LogP) is 1.24. The summed E-state index contributed by atoms with van der Waals surface area (Å²) in [6.07, 6.45) is 3.13. The lowest BCUT2D eigenvalue weighted by atomic mass is 10.0. The van der Waals surface area contributed by atoms with Crippen molar-refractivity contribution >= 4 is 10.2 Å². The molecule has 1 fully saturated rings. The first kappa shape index (κ1) is 14.4. The third-order valence-electron chi connectivity index (χ3n) is 3.11. The predicted molar refractivity (Wildman–Crippen MR) is 66.3 cm³/mol. The minimum absolute atomic E-state index is 0.556. The van der Waals surface area contributed by atoms with E-state index in [1.165, 1.54) is 4.31 Å². The molecule has 1 aliphatic rings. The lowest BCUT2D eigenvalue weighted by Gasteiger charge is -2.30. The molecule has 1 heterocycles. The van der Waals surface area contributed by atoms with Crippen LogP contribution in [0.2, 0.25) is 0 Å². The van der Waals surface area contributed by atoms with E-state index < -0.39 is 16.3 Å². The number of rotatable bonds is 5. The Bertz CT molecular complexity index is 367. The van der Waals surface area contributed by atoms with Crippen molar-refractivity contribution in [2.75, 3.05) is 13.1 Å². The van der Waals surface area contributed by atoms with Crippen molar-refractivity contribution < 1.29 is 8.42 Å². The molecule has 1 unspecified atom stereocenters. The van der Waals surface area contributed by atoms with Gasteiger partial charge in [-0.25, -0.2) is 0 Å². The Morgan fingerprint density at radius 3 is 2.53 bits per heavy atom. The zero-order valence-electron chi connectivity index (χ0n) is 10.5. The molecular weight excluding hydrogens is 238 g/mol. The maximum Gasteiger partial charge on any atom is 0.280 e. The summed E-state index contributed by atoms with van der Waals surface area (Å²) in [5.41, 5.74) is 0. The highest BCUT2D eigenvalue weighted by atomic mass is 32.2. The van der Waals surface area contributed by atoms with E-state index in [1.54, 1.807) is 0 Å². The van der Waals surface area contributed by atoms with Gasteiger partial charge in [0.1, 0.15) is 6.04 Å². The van der Waals surface area contributed by atoms with Gasteiger partial charge in [0.2, 0.25) is 0 Å². The molecule has 5 nitrogen and oxygen atoms in total. The largest absolute Gasteiger partial charge is 0.280 e. The van der Waals surface area contributed by atoms with E-state index in [4.69, 9.17) is 5.26 Å². The van der Waals surface area contributed by atoms with Crippen molar-refractivity contribution in [1.29, 1.82) is 5.26 Å². The first-order valence-electron chi connectivity index (χ1n) is 6.16. The van der Waals surface area contributed by atoms with Gasteiger partial charge in [-0.05, 0) is 25.2 Å². The first-order valence-corrected chi connectivity index (χ1v) is 7.60. The van der Waals surface area contributed by atoms with Crippen LogP contribution < -0.4 is 4.72 Å². The molecule has 1 saturated heterocycles. The average molecular weight is 259 g/mol. The molecule has 1 aliphatic heterocycles. The topological polar surface area (TPSA) is 73.2 Å². The summed E-state index contributed by atoms with van der Waals surface area (Å²) in [5, 5.41) is 8.87. The maximum atomic E-state index is 12.0. The summed E-state index contributed by atoms with van der Waals surface area (Å²) in [6.45, 7) is 5.18. The Morgan fingerprint density at radius 2 is 2.06 bits per heavy atom. The van der Waals surface area contributed by atoms with Crippen molar-refractivity contribution in [2.45, 2.75) is 45.6 Å². The van der Waals surface area contributed by atoms with Gasteiger partial charge in [-0.2, -0.15) is 22.7 Å². The molecule has 17 heavy (non-hydrogen) atoms. The van der Waals surface area contributed by atoms with Gasteiger partial charge in [0.05, 0.1) is 6.07 Å². The molecule has 0 aromatic carbocycles. The second kappa shape index (κ2) is 6.34. The van der Waals surface area contributed by atoms with Crippen molar-refractivity contribution in [1.82, 2.24) is 9.03 Å². The maximum absolute atomic E-state index is 12.0. The third kappa shape index (κ3) is 4.26.